The summed E-state index contributed by atoms with van der Waals surface area (Å²) in [5, 5.41) is 0. The van der Waals surface area contributed by atoms with Crippen LogP contribution in [0.5, 0.6) is 11.5 Å². The van der Waals surface area contributed by atoms with Gasteiger partial charge in [-0.05, 0) is 12.1 Å². The summed E-state index contributed by atoms with van der Waals surface area (Å²) in [5.74, 6) is 0.367. The van der Waals surface area contributed by atoms with Gasteiger partial charge in [0, 0.05) is 41.9 Å². The number of pyridine rings is 1. The van der Waals surface area contributed by atoms with Gasteiger partial charge in [0.15, 0.2) is 0 Å². The zero-order chi connectivity index (χ0) is 18.8. The average molecular weight is 368 g/mol. The Kier molecular flexibility index (Phi) is 4.37. The van der Waals surface area contributed by atoms with Crippen LogP contribution in [0.4, 0.5) is 8.78 Å². The molecule has 4 rings (SSSR count). The van der Waals surface area contributed by atoms with E-state index in [-0.39, 0.29) is 12.4 Å². The molecule has 8 heteroatoms. The molecule has 0 aliphatic carbocycles. The van der Waals surface area contributed by atoms with Gasteiger partial charge in [-0.2, -0.15) is 0 Å². The van der Waals surface area contributed by atoms with Crippen molar-refractivity contribution in [3.63, 3.8) is 0 Å². The number of fused-ring (bicyclic) bond motifs is 1. The highest BCUT2D eigenvalue weighted by atomic mass is 19.1. The Bertz CT molecular complexity index is 1110. The first-order valence-corrected chi connectivity index (χ1v) is 8.03. The van der Waals surface area contributed by atoms with E-state index in [0.29, 0.717) is 28.5 Å². The Hall–Kier alpha value is -3.55. The van der Waals surface area contributed by atoms with Crippen LogP contribution in [-0.2, 0) is 6.61 Å². The zero-order valence-electron chi connectivity index (χ0n) is 14.3. The van der Waals surface area contributed by atoms with Gasteiger partial charge in [0.1, 0.15) is 29.7 Å². The molecule has 3 heterocycles. The standard InChI is InChI=1S/C19H14F2N4O2/c1-26-18-5-13(20)2-3-17(18)12-6-23-19-24-15(10-25(19)9-12)11-27-16-4-14(21)7-22-8-16/h2-10H,11H2,1H3. The Morgan fingerprint density at radius 2 is 1.93 bits per heavy atom. The van der Waals surface area contributed by atoms with Gasteiger partial charge in [-0.3, -0.25) is 9.38 Å². The minimum atomic E-state index is -0.470. The molecule has 3 aromatic heterocycles. The molecule has 4 aromatic rings. The monoisotopic (exact) mass is 368 g/mol. The SMILES string of the molecule is COc1cc(F)ccc1-c1cnc2nc(COc3cncc(F)c3)cn2c1. The van der Waals surface area contributed by atoms with Crippen molar-refractivity contribution in [2.75, 3.05) is 7.11 Å². The molecule has 0 spiro atoms. The van der Waals surface area contributed by atoms with E-state index < -0.39 is 5.82 Å². The second-order valence-corrected chi connectivity index (χ2v) is 5.75. The van der Waals surface area contributed by atoms with Crippen molar-refractivity contribution in [1.82, 2.24) is 19.4 Å². The molecule has 0 radical (unpaired) electrons. The van der Waals surface area contributed by atoms with E-state index in [0.717, 1.165) is 11.8 Å². The van der Waals surface area contributed by atoms with Gasteiger partial charge >= 0.3 is 0 Å². The van der Waals surface area contributed by atoms with Gasteiger partial charge in [0.05, 0.1) is 25.2 Å². The van der Waals surface area contributed by atoms with Crippen molar-refractivity contribution in [2.24, 2.45) is 0 Å². The molecule has 0 saturated heterocycles. The third-order valence-electron chi connectivity index (χ3n) is 3.90. The summed E-state index contributed by atoms with van der Waals surface area (Å²) in [7, 11) is 1.48. The maximum atomic E-state index is 13.4. The van der Waals surface area contributed by atoms with Gasteiger partial charge in [-0.25, -0.2) is 18.7 Å². The Morgan fingerprint density at radius 3 is 2.74 bits per heavy atom. The van der Waals surface area contributed by atoms with E-state index in [4.69, 9.17) is 9.47 Å². The van der Waals surface area contributed by atoms with Crippen LogP contribution in [0.3, 0.4) is 0 Å². The third kappa shape index (κ3) is 3.55. The lowest BCUT2D eigenvalue weighted by Gasteiger charge is -2.08. The molecule has 0 aliphatic rings. The lowest BCUT2D eigenvalue weighted by Crippen LogP contribution is -1.96. The van der Waals surface area contributed by atoms with Crippen LogP contribution in [0.15, 0.2) is 55.2 Å². The number of nitrogens with zero attached hydrogens (tertiary/aromatic N) is 4. The van der Waals surface area contributed by atoms with Crippen molar-refractivity contribution in [3.05, 3.63) is 72.6 Å². The van der Waals surface area contributed by atoms with Gasteiger partial charge in [-0.15, -0.1) is 0 Å². The maximum Gasteiger partial charge on any atom is 0.234 e. The largest absolute Gasteiger partial charge is 0.496 e. The van der Waals surface area contributed by atoms with Gasteiger partial charge < -0.3 is 9.47 Å². The summed E-state index contributed by atoms with van der Waals surface area (Å²) in [6.45, 7) is 0.143. The molecule has 0 fully saturated rings. The number of imidazole rings is 1. The van der Waals surface area contributed by atoms with Crippen LogP contribution in [0.25, 0.3) is 16.9 Å². The van der Waals surface area contributed by atoms with Crippen LogP contribution in [0.2, 0.25) is 0 Å². The molecular weight excluding hydrogens is 354 g/mol. The number of benzene rings is 1. The summed E-state index contributed by atoms with van der Waals surface area (Å²) in [6.07, 6.45) is 7.75. The summed E-state index contributed by atoms with van der Waals surface area (Å²) in [5.41, 5.74) is 2.08. The normalized spacial score (nSPS) is 10.9. The minimum absolute atomic E-state index is 0.143. The number of aromatic nitrogens is 4. The average Bonchev–Trinajstić information content (AvgIpc) is 3.08. The molecule has 0 N–H and O–H groups in total. The minimum Gasteiger partial charge on any atom is -0.496 e. The van der Waals surface area contributed by atoms with E-state index in [1.165, 1.54) is 31.5 Å². The van der Waals surface area contributed by atoms with Gasteiger partial charge in [0.25, 0.3) is 0 Å². The highest BCUT2D eigenvalue weighted by Gasteiger charge is 2.10. The molecule has 0 saturated carbocycles. The van der Waals surface area contributed by atoms with Crippen molar-refractivity contribution < 1.29 is 18.3 Å². The van der Waals surface area contributed by atoms with Crippen molar-refractivity contribution in [3.8, 4) is 22.6 Å². The van der Waals surface area contributed by atoms with Crippen molar-refractivity contribution >= 4 is 5.78 Å². The maximum absolute atomic E-state index is 13.4. The van der Waals surface area contributed by atoms with E-state index in [1.807, 2.05) is 6.20 Å². The highest BCUT2D eigenvalue weighted by Crippen LogP contribution is 2.30. The predicted octanol–water partition coefficient (Wildman–Crippen LogP) is 3.66. The number of methoxy groups -OCH3 is 1. The van der Waals surface area contributed by atoms with Crippen LogP contribution >= 0.6 is 0 Å². The number of rotatable bonds is 5. The number of hydrogen-bond acceptors (Lipinski definition) is 5. The van der Waals surface area contributed by atoms with E-state index in [2.05, 4.69) is 15.0 Å². The van der Waals surface area contributed by atoms with Crippen LogP contribution in [0.1, 0.15) is 5.69 Å². The van der Waals surface area contributed by atoms with Crippen LogP contribution in [-0.4, -0.2) is 26.5 Å². The summed E-state index contributed by atoms with van der Waals surface area (Å²) < 4.78 is 39.0. The molecule has 0 amide bonds. The lowest BCUT2D eigenvalue weighted by atomic mass is 10.1. The van der Waals surface area contributed by atoms with Crippen molar-refractivity contribution in [2.45, 2.75) is 6.61 Å². The van der Waals surface area contributed by atoms with Crippen LogP contribution in [0, 0.1) is 11.6 Å². The molecule has 136 valence electrons. The third-order valence-corrected chi connectivity index (χ3v) is 3.90. The van der Waals surface area contributed by atoms with Gasteiger partial charge in [0.2, 0.25) is 5.78 Å². The lowest BCUT2D eigenvalue weighted by molar-refractivity contribution is 0.299. The number of halogens is 2. The molecule has 0 aliphatic heterocycles. The smallest absolute Gasteiger partial charge is 0.234 e. The molecule has 27 heavy (non-hydrogen) atoms. The first kappa shape index (κ1) is 16.9. The first-order valence-electron chi connectivity index (χ1n) is 8.03. The first-order chi connectivity index (χ1) is 13.1. The summed E-state index contributed by atoms with van der Waals surface area (Å²) >= 11 is 0. The second kappa shape index (κ2) is 6.99. The van der Waals surface area contributed by atoms with E-state index >= 15 is 0 Å². The quantitative estimate of drug-likeness (QED) is 0.538. The topological polar surface area (TPSA) is 61.5 Å². The fourth-order valence-electron chi connectivity index (χ4n) is 2.68. The van der Waals surface area contributed by atoms with E-state index in [9.17, 15) is 8.78 Å². The van der Waals surface area contributed by atoms with Crippen molar-refractivity contribution in [1.29, 1.82) is 0 Å². The Labute approximate surface area is 153 Å². The number of ether oxygens (including phenoxy) is 2. The fraction of sp³-hybridized carbons (Fsp3) is 0.105. The fourth-order valence-corrected chi connectivity index (χ4v) is 2.68. The van der Waals surface area contributed by atoms with Gasteiger partial charge in [-0.1, -0.05) is 0 Å². The predicted molar refractivity (Wildman–Crippen MR) is 93.5 cm³/mol. The van der Waals surface area contributed by atoms with E-state index in [1.54, 1.807) is 22.9 Å². The number of hydrogen-bond donors (Lipinski definition) is 0. The molecule has 1 aromatic carbocycles. The summed E-state index contributed by atoms with van der Waals surface area (Å²) in [6, 6.07) is 5.57. The molecule has 0 atom stereocenters. The Balaban J connectivity index is 1.60. The molecule has 0 unspecified atom stereocenters. The second-order valence-electron chi connectivity index (χ2n) is 5.75. The highest BCUT2D eigenvalue weighted by molar-refractivity contribution is 5.69. The van der Waals surface area contributed by atoms with Crippen LogP contribution < -0.4 is 9.47 Å². The zero-order valence-corrected chi connectivity index (χ0v) is 14.3. The molecule has 0 bridgehead atoms. The summed E-state index contributed by atoms with van der Waals surface area (Å²) in [4.78, 5) is 12.4. The Morgan fingerprint density at radius 1 is 1.04 bits per heavy atom. The molecular formula is C19H14F2N4O2. The molecule has 6 nitrogen and oxygen atoms in total.